The minimum Gasteiger partial charge on any atom is -0.379 e. The van der Waals surface area contributed by atoms with E-state index in [2.05, 4.69) is 17.0 Å². The van der Waals surface area contributed by atoms with Crippen molar-refractivity contribution in [2.75, 3.05) is 19.8 Å². The van der Waals surface area contributed by atoms with Gasteiger partial charge in [-0.2, -0.15) is 5.10 Å². The summed E-state index contributed by atoms with van der Waals surface area (Å²) in [6.07, 6.45) is 6.30. The summed E-state index contributed by atoms with van der Waals surface area (Å²) in [5.41, 5.74) is 0.715. The van der Waals surface area contributed by atoms with Crippen LogP contribution in [0.15, 0.2) is 30.9 Å². The molecule has 1 aliphatic heterocycles. The van der Waals surface area contributed by atoms with Crippen LogP contribution in [0.5, 0.6) is 0 Å². The van der Waals surface area contributed by atoms with Gasteiger partial charge in [-0.1, -0.05) is 49.0 Å². The number of halogens is 2. The molecular formula is C18H24Cl2N4O6. The lowest BCUT2D eigenvalue weighted by molar-refractivity contribution is -0.742. The van der Waals surface area contributed by atoms with E-state index in [0.29, 0.717) is 35.4 Å². The van der Waals surface area contributed by atoms with Crippen molar-refractivity contribution in [1.82, 2.24) is 14.8 Å². The first-order valence-corrected chi connectivity index (χ1v) is 10.1. The molecule has 1 aromatic carbocycles. The molecule has 0 radical (unpaired) electrons. The van der Waals surface area contributed by atoms with Gasteiger partial charge in [0.1, 0.15) is 25.3 Å². The van der Waals surface area contributed by atoms with Crippen LogP contribution in [0.2, 0.25) is 10.0 Å². The average molecular weight is 463 g/mol. The number of nitrogens with zero attached hydrogens (tertiary/aromatic N) is 4. The molecule has 12 heteroatoms. The summed E-state index contributed by atoms with van der Waals surface area (Å²) in [5.74, 6) is -1.05. The second-order valence-corrected chi connectivity index (χ2v) is 7.38. The summed E-state index contributed by atoms with van der Waals surface area (Å²) < 4.78 is 19.8. The second kappa shape index (κ2) is 12.0. The van der Waals surface area contributed by atoms with E-state index in [9.17, 15) is 0 Å². The van der Waals surface area contributed by atoms with Gasteiger partial charge in [-0.3, -0.25) is 0 Å². The summed E-state index contributed by atoms with van der Waals surface area (Å²) in [5, 5.41) is 18.8. The van der Waals surface area contributed by atoms with Crippen LogP contribution in [-0.4, -0.2) is 51.0 Å². The lowest BCUT2D eigenvalue weighted by atomic mass is 10.1. The highest BCUT2D eigenvalue weighted by atomic mass is 35.5. The van der Waals surface area contributed by atoms with Crippen molar-refractivity contribution < 1.29 is 24.5 Å². The van der Waals surface area contributed by atoms with Crippen LogP contribution in [-0.2, 0) is 26.5 Å². The number of hydrogen-bond acceptors (Lipinski definition) is 7. The van der Waals surface area contributed by atoms with Gasteiger partial charge in [-0.25, -0.2) is 9.67 Å². The van der Waals surface area contributed by atoms with Gasteiger partial charge in [-0.15, -0.1) is 10.1 Å². The van der Waals surface area contributed by atoms with E-state index in [0.717, 1.165) is 13.0 Å². The molecule has 3 rings (SSSR count). The van der Waals surface area contributed by atoms with Gasteiger partial charge < -0.3 is 19.4 Å². The third-order valence-electron chi connectivity index (χ3n) is 4.23. The van der Waals surface area contributed by atoms with E-state index in [4.69, 9.17) is 52.7 Å². The van der Waals surface area contributed by atoms with E-state index in [1.54, 1.807) is 23.1 Å². The average Bonchev–Trinajstić information content (AvgIpc) is 3.32. The molecule has 1 saturated heterocycles. The molecule has 30 heavy (non-hydrogen) atoms. The van der Waals surface area contributed by atoms with Crippen LogP contribution in [0.4, 0.5) is 0 Å². The summed E-state index contributed by atoms with van der Waals surface area (Å²) in [6.45, 7) is 4.13. The molecule has 1 aromatic heterocycles. The zero-order chi connectivity index (χ0) is 22.0. The SMILES string of the molecule is CCCCCOC[C@@H]1CO[C@@](Cn2cncn2)(c2ccc(Cl)cc2Cl)O1.O=[N+]([O-])O. The number of benzene rings is 1. The fourth-order valence-electron chi connectivity index (χ4n) is 2.95. The number of rotatable bonds is 9. The van der Waals surface area contributed by atoms with Crippen molar-refractivity contribution in [3.63, 3.8) is 0 Å². The Morgan fingerprint density at radius 3 is 2.83 bits per heavy atom. The van der Waals surface area contributed by atoms with Crippen LogP contribution < -0.4 is 0 Å². The molecule has 1 N–H and O–H groups in total. The molecule has 0 aliphatic carbocycles. The Bertz CT molecular complexity index is 791. The highest BCUT2D eigenvalue weighted by Crippen LogP contribution is 2.40. The Balaban J connectivity index is 0.000000735. The van der Waals surface area contributed by atoms with Gasteiger partial charge >= 0.3 is 0 Å². The number of aromatic nitrogens is 3. The Kier molecular flexibility index (Phi) is 9.73. The Morgan fingerprint density at radius 1 is 1.43 bits per heavy atom. The molecule has 2 atom stereocenters. The van der Waals surface area contributed by atoms with Crippen molar-refractivity contribution in [3.8, 4) is 0 Å². The summed E-state index contributed by atoms with van der Waals surface area (Å²) in [7, 11) is 0. The van der Waals surface area contributed by atoms with Crippen LogP contribution in [0.1, 0.15) is 31.7 Å². The first-order valence-electron chi connectivity index (χ1n) is 9.37. The highest BCUT2D eigenvalue weighted by Gasteiger charge is 2.45. The van der Waals surface area contributed by atoms with Crippen LogP contribution in [0.25, 0.3) is 0 Å². The standard InChI is InChI=1S/C18H23Cl2N3O3.HNO3/c1-2-3-4-7-24-9-15-10-25-18(26-15,11-23-13-21-12-22-23)16-6-5-14(19)8-17(16)20;2-1(3)4/h5-6,8,12-13,15H,2-4,7,9-11H2,1H3;(H,2,3,4)/t15-,18-;/m1./s1. The molecule has 166 valence electrons. The van der Waals surface area contributed by atoms with Crippen LogP contribution >= 0.6 is 23.2 Å². The van der Waals surface area contributed by atoms with Gasteiger partial charge in [0.2, 0.25) is 5.79 Å². The predicted octanol–water partition coefficient (Wildman–Crippen LogP) is 3.71. The van der Waals surface area contributed by atoms with Crippen LogP contribution in [0.3, 0.4) is 0 Å². The molecule has 0 unspecified atom stereocenters. The molecular weight excluding hydrogens is 439 g/mol. The third kappa shape index (κ3) is 7.37. The van der Waals surface area contributed by atoms with Gasteiger partial charge in [0.05, 0.1) is 18.2 Å². The number of hydrogen-bond donors (Lipinski definition) is 1. The molecule has 1 aliphatic rings. The minimum absolute atomic E-state index is 0.174. The van der Waals surface area contributed by atoms with E-state index in [1.807, 2.05) is 6.07 Å². The highest BCUT2D eigenvalue weighted by molar-refractivity contribution is 6.35. The molecule has 10 nitrogen and oxygen atoms in total. The summed E-state index contributed by atoms with van der Waals surface area (Å²) >= 11 is 12.5. The molecule has 2 aromatic rings. The van der Waals surface area contributed by atoms with E-state index in [-0.39, 0.29) is 6.10 Å². The van der Waals surface area contributed by atoms with E-state index >= 15 is 0 Å². The van der Waals surface area contributed by atoms with Crippen molar-refractivity contribution in [3.05, 3.63) is 56.6 Å². The maximum atomic E-state index is 8.36. The lowest BCUT2D eigenvalue weighted by Gasteiger charge is -2.29. The molecule has 1 fully saturated rings. The quantitative estimate of drug-likeness (QED) is 0.339. The fourth-order valence-corrected chi connectivity index (χ4v) is 3.50. The topological polar surface area (TPSA) is 122 Å². The molecule has 2 heterocycles. The predicted molar refractivity (Wildman–Crippen MR) is 108 cm³/mol. The van der Waals surface area contributed by atoms with Crippen LogP contribution in [0, 0.1) is 10.1 Å². The molecule has 0 saturated carbocycles. The zero-order valence-corrected chi connectivity index (χ0v) is 18.0. The fraction of sp³-hybridized carbons (Fsp3) is 0.556. The van der Waals surface area contributed by atoms with E-state index < -0.39 is 10.9 Å². The molecule has 0 amide bonds. The largest absolute Gasteiger partial charge is 0.379 e. The first kappa shape index (κ1) is 24.3. The van der Waals surface area contributed by atoms with Gasteiger partial charge in [0.25, 0.3) is 5.09 Å². The van der Waals surface area contributed by atoms with Gasteiger partial charge in [0, 0.05) is 17.2 Å². The van der Waals surface area contributed by atoms with Gasteiger partial charge in [-0.05, 0) is 18.6 Å². The van der Waals surface area contributed by atoms with E-state index in [1.165, 1.54) is 19.2 Å². The van der Waals surface area contributed by atoms with Crippen molar-refractivity contribution in [2.45, 2.75) is 44.6 Å². The maximum Gasteiger partial charge on any atom is 0.291 e. The summed E-state index contributed by atoms with van der Waals surface area (Å²) in [4.78, 5) is 12.3. The maximum absolute atomic E-state index is 8.36. The molecule has 0 bridgehead atoms. The Hall–Kier alpha value is -1.98. The third-order valence-corrected chi connectivity index (χ3v) is 4.78. The number of unbranched alkanes of at least 4 members (excludes halogenated alkanes) is 2. The van der Waals surface area contributed by atoms with Gasteiger partial charge in [0.15, 0.2) is 0 Å². The van der Waals surface area contributed by atoms with Crippen molar-refractivity contribution >= 4 is 23.2 Å². The normalized spacial score (nSPS) is 20.6. The smallest absolute Gasteiger partial charge is 0.291 e. The molecule has 0 spiro atoms. The van der Waals surface area contributed by atoms with Crippen molar-refractivity contribution in [2.24, 2.45) is 0 Å². The monoisotopic (exact) mass is 462 g/mol. The first-order chi connectivity index (χ1) is 14.4. The Morgan fingerprint density at radius 2 is 2.20 bits per heavy atom. The second-order valence-electron chi connectivity index (χ2n) is 6.54. The van der Waals surface area contributed by atoms with Crippen molar-refractivity contribution in [1.29, 1.82) is 0 Å². The zero-order valence-electron chi connectivity index (χ0n) is 16.4. The minimum atomic E-state index is -1.50. The Labute approximate surface area is 183 Å². The number of ether oxygens (including phenoxy) is 3. The lowest BCUT2D eigenvalue weighted by Crippen LogP contribution is -2.35. The summed E-state index contributed by atoms with van der Waals surface area (Å²) in [6, 6.07) is 5.28.